The summed E-state index contributed by atoms with van der Waals surface area (Å²) in [4.78, 5) is 4.89. The van der Waals surface area contributed by atoms with Crippen LogP contribution in [0.15, 0.2) is 18.2 Å². The SMILES string of the molecule is Cc1ccc(C(CN)N2CCN(CC(C)C)CC2)cc1F. The topological polar surface area (TPSA) is 32.5 Å². The van der Waals surface area contributed by atoms with E-state index in [0.29, 0.717) is 18.0 Å². The van der Waals surface area contributed by atoms with E-state index in [2.05, 4.69) is 23.6 Å². The van der Waals surface area contributed by atoms with Crippen LogP contribution in [-0.4, -0.2) is 49.1 Å². The first kappa shape index (κ1) is 16.4. The summed E-state index contributed by atoms with van der Waals surface area (Å²) in [5.74, 6) is 0.567. The molecule has 0 bridgehead atoms. The maximum Gasteiger partial charge on any atom is 0.126 e. The molecule has 0 spiro atoms. The van der Waals surface area contributed by atoms with E-state index in [1.807, 2.05) is 12.1 Å². The second kappa shape index (κ2) is 7.34. The van der Waals surface area contributed by atoms with Gasteiger partial charge in [0.25, 0.3) is 0 Å². The molecule has 0 aliphatic carbocycles. The molecule has 0 saturated carbocycles. The van der Waals surface area contributed by atoms with Gasteiger partial charge in [0.2, 0.25) is 0 Å². The van der Waals surface area contributed by atoms with Crippen molar-refractivity contribution in [1.29, 1.82) is 0 Å². The van der Waals surface area contributed by atoms with E-state index >= 15 is 0 Å². The molecule has 4 heteroatoms. The number of hydrogen-bond donors (Lipinski definition) is 1. The second-order valence-electron chi connectivity index (χ2n) is 6.49. The summed E-state index contributed by atoms with van der Waals surface area (Å²) >= 11 is 0. The van der Waals surface area contributed by atoms with Gasteiger partial charge in [0.05, 0.1) is 0 Å². The maximum absolute atomic E-state index is 13.8. The van der Waals surface area contributed by atoms with Crippen LogP contribution in [0.5, 0.6) is 0 Å². The lowest BCUT2D eigenvalue weighted by atomic mass is 10.0. The molecule has 2 N–H and O–H groups in total. The average molecular weight is 293 g/mol. The number of halogens is 1. The zero-order valence-electron chi connectivity index (χ0n) is 13.5. The molecule has 1 atom stereocenters. The number of nitrogens with two attached hydrogens (primary N) is 1. The van der Waals surface area contributed by atoms with Crippen molar-refractivity contribution in [3.8, 4) is 0 Å². The molecule has 0 radical (unpaired) electrons. The van der Waals surface area contributed by atoms with Gasteiger partial charge >= 0.3 is 0 Å². The van der Waals surface area contributed by atoms with E-state index in [4.69, 9.17) is 5.73 Å². The van der Waals surface area contributed by atoms with Crippen LogP contribution in [0.25, 0.3) is 0 Å². The van der Waals surface area contributed by atoms with Crippen molar-refractivity contribution < 1.29 is 4.39 Å². The summed E-state index contributed by atoms with van der Waals surface area (Å²) in [6.07, 6.45) is 0. The van der Waals surface area contributed by atoms with Crippen molar-refractivity contribution in [2.45, 2.75) is 26.8 Å². The highest BCUT2D eigenvalue weighted by atomic mass is 19.1. The van der Waals surface area contributed by atoms with Gasteiger partial charge in [0.15, 0.2) is 0 Å². The monoisotopic (exact) mass is 293 g/mol. The largest absolute Gasteiger partial charge is 0.329 e. The zero-order chi connectivity index (χ0) is 15.4. The van der Waals surface area contributed by atoms with Crippen LogP contribution in [0.2, 0.25) is 0 Å². The van der Waals surface area contributed by atoms with Crippen molar-refractivity contribution in [2.24, 2.45) is 11.7 Å². The standard InChI is InChI=1S/C17H28FN3/c1-13(2)12-20-6-8-21(9-7-20)17(11-19)15-5-4-14(3)16(18)10-15/h4-5,10,13,17H,6-9,11-12,19H2,1-3H3. The smallest absolute Gasteiger partial charge is 0.126 e. The average Bonchev–Trinajstić information content (AvgIpc) is 2.45. The molecule has 1 saturated heterocycles. The first-order chi connectivity index (χ1) is 10.0. The highest BCUT2D eigenvalue weighted by Crippen LogP contribution is 2.23. The summed E-state index contributed by atoms with van der Waals surface area (Å²) in [6, 6.07) is 5.63. The fourth-order valence-electron chi connectivity index (χ4n) is 3.09. The Morgan fingerprint density at radius 1 is 1.19 bits per heavy atom. The van der Waals surface area contributed by atoms with Crippen LogP contribution >= 0.6 is 0 Å². The van der Waals surface area contributed by atoms with Crippen LogP contribution < -0.4 is 5.73 Å². The molecule has 2 rings (SSSR count). The molecule has 0 amide bonds. The van der Waals surface area contributed by atoms with E-state index < -0.39 is 0 Å². The van der Waals surface area contributed by atoms with Gasteiger partial charge in [0, 0.05) is 45.3 Å². The van der Waals surface area contributed by atoms with Crippen molar-refractivity contribution >= 4 is 0 Å². The normalized spacial score (nSPS) is 19.1. The number of aryl methyl sites for hydroxylation is 1. The zero-order valence-corrected chi connectivity index (χ0v) is 13.5. The number of piperazine rings is 1. The van der Waals surface area contributed by atoms with Gasteiger partial charge in [-0.2, -0.15) is 0 Å². The summed E-state index contributed by atoms with van der Waals surface area (Å²) in [7, 11) is 0. The minimum absolute atomic E-state index is 0.126. The molecule has 118 valence electrons. The van der Waals surface area contributed by atoms with E-state index in [9.17, 15) is 4.39 Å². The van der Waals surface area contributed by atoms with Crippen LogP contribution in [-0.2, 0) is 0 Å². The molecular weight excluding hydrogens is 265 g/mol. The molecule has 3 nitrogen and oxygen atoms in total. The maximum atomic E-state index is 13.8. The Balaban J connectivity index is 2.00. The number of rotatable bonds is 5. The van der Waals surface area contributed by atoms with E-state index in [1.54, 1.807) is 13.0 Å². The highest BCUT2D eigenvalue weighted by molar-refractivity contribution is 5.26. The number of benzene rings is 1. The number of nitrogens with zero attached hydrogens (tertiary/aromatic N) is 2. The van der Waals surface area contributed by atoms with Gasteiger partial charge in [-0.25, -0.2) is 4.39 Å². The van der Waals surface area contributed by atoms with Crippen molar-refractivity contribution in [2.75, 3.05) is 39.3 Å². The third kappa shape index (κ3) is 4.25. The number of hydrogen-bond acceptors (Lipinski definition) is 3. The Kier molecular flexibility index (Phi) is 5.73. The molecule has 1 heterocycles. The van der Waals surface area contributed by atoms with Crippen molar-refractivity contribution in [1.82, 2.24) is 9.80 Å². The second-order valence-corrected chi connectivity index (χ2v) is 6.49. The Hall–Kier alpha value is -0.970. The van der Waals surface area contributed by atoms with Crippen molar-refractivity contribution in [3.63, 3.8) is 0 Å². The van der Waals surface area contributed by atoms with Crippen LogP contribution in [0.1, 0.15) is 31.0 Å². The molecule has 1 aromatic carbocycles. The first-order valence-corrected chi connectivity index (χ1v) is 7.93. The summed E-state index contributed by atoms with van der Waals surface area (Å²) < 4.78 is 13.8. The Bertz CT molecular complexity index is 453. The predicted octanol–water partition coefficient (Wildman–Crippen LogP) is 2.41. The first-order valence-electron chi connectivity index (χ1n) is 7.93. The molecular formula is C17H28FN3. The van der Waals surface area contributed by atoms with E-state index in [-0.39, 0.29) is 11.9 Å². The quantitative estimate of drug-likeness (QED) is 0.905. The predicted molar refractivity (Wildman–Crippen MR) is 85.8 cm³/mol. The lowest BCUT2D eigenvalue weighted by Crippen LogP contribution is -2.49. The summed E-state index contributed by atoms with van der Waals surface area (Å²) in [5.41, 5.74) is 7.65. The minimum atomic E-state index is -0.135. The fourth-order valence-corrected chi connectivity index (χ4v) is 3.09. The Morgan fingerprint density at radius 3 is 2.38 bits per heavy atom. The molecule has 1 aromatic rings. The molecule has 1 unspecified atom stereocenters. The van der Waals surface area contributed by atoms with Gasteiger partial charge in [-0.1, -0.05) is 26.0 Å². The van der Waals surface area contributed by atoms with Crippen LogP contribution in [0, 0.1) is 18.7 Å². The Labute approximate surface area is 127 Å². The van der Waals surface area contributed by atoms with Gasteiger partial charge in [-0.05, 0) is 30.0 Å². The van der Waals surface area contributed by atoms with Crippen molar-refractivity contribution in [3.05, 3.63) is 35.1 Å². The lowest BCUT2D eigenvalue weighted by Gasteiger charge is -2.39. The minimum Gasteiger partial charge on any atom is -0.329 e. The molecule has 21 heavy (non-hydrogen) atoms. The van der Waals surface area contributed by atoms with Crippen LogP contribution in [0.4, 0.5) is 4.39 Å². The van der Waals surface area contributed by atoms with Crippen LogP contribution in [0.3, 0.4) is 0 Å². The lowest BCUT2D eigenvalue weighted by molar-refractivity contribution is 0.0911. The van der Waals surface area contributed by atoms with E-state index in [0.717, 1.165) is 38.3 Å². The summed E-state index contributed by atoms with van der Waals surface area (Å²) in [5, 5.41) is 0. The molecule has 1 aliphatic heterocycles. The molecule has 0 aromatic heterocycles. The Morgan fingerprint density at radius 2 is 1.86 bits per heavy atom. The third-order valence-electron chi connectivity index (χ3n) is 4.27. The van der Waals surface area contributed by atoms with Gasteiger partial charge in [-0.15, -0.1) is 0 Å². The van der Waals surface area contributed by atoms with Gasteiger partial charge in [0.1, 0.15) is 5.82 Å². The van der Waals surface area contributed by atoms with Gasteiger partial charge in [-0.3, -0.25) is 4.90 Å². The fraction of sp³-hybridized carbons (Fsp3) is 0.647. The molecule has 1 aliphatic rings. The third-order valence-corrected chi connectivity index (χ3v) is 4.27. The highest BCUT2D eigenvalue weighted by Gasteiger charge is 2.24. The van der Waals surface area contributed by atoms with Gasteiger partial charge < -0.3 is 10.6 Å². The molecule has 1 fully saturated rings. The van der Waals surface area contributed by atoms with E-state index in [1.165, 1.54) is 0 Å². The summed E-state index contributed by atoms with van der Waals surface area (Å²) in [6.45, 7) is 12.1.